The Balaban J connectivity index is 1.85. The predicted molar refractivity (Wildman–Crippen MR) is 78.7 cm³/mol. The van der Waals surface area contributed by atoms with Gasteiger partial charge in [0.1, 0.15) is 17.3 Å². The molecule has 1 fully saturated rings. The molecule has 1 aliphatic carbocycles. The normalized spacial score (nSPS) is 16.9. The van der Waals surface area contributed by atoms with Crippen molar-refractivity contribution in [2.75, 3.05) is 6.54 Å². The van der Waals surface area contributed by atoms with Gasteiger partial charge in [-0.3, -0.25) is 0 Å². The number of rotatable bonds is 7. The fourth-order valence-corrected chi connectivity index (χ4v) is 4.70. The van der Waals surface area contributed by atoms with E-state index in [9.17, 15) is 8.42 Å². The molecule has 114 valence electrons. The van der Waals surface area contributed by atoms with Crippen molar-refractivity contribution in [3.05, 3.63) is 16.5 Å². The van der Waals surface area contributed by atoms with Crippen LogP contribution in [0.25, 0.3) is 0 Å². The number of halogens is 1. The molecule has 0 radical (unpaired) electrons. The second-order valence-corrected chi connectivity index (χ2v) is 7.65. The minimum atomic E-state index is -3.58. The van der Waals surface area contributed by atoms with Crippen LogP contribution in [0.1, 0.15) is 44.3 Å². The van der Waals surface area contributed by atoms with Gasteiger partial charge >= 0.3 is 0 Å². The molecule has 0 saturated heterocycles. The molecule has 0 spiro atoms. The fraction of sp³-hybridized carbons (Fsp3) is 0.692. The molecule has 0 aromatic carbocycles. The highest BCUT2D eigenvalue weighted by atomic mass is 79.9. The monoisotopic (exact) mass is 365 g/mol. The van der Waals surface area contributed by atoms with Crippen LogP contribution in [0.4, 0.5) is 0 Å². The van der Waals surface area contributed by atoms with E-state index in [0.717, 1.165) is 18.8 Å². The Morgan fingerprint density at radius 1 is 1.40 bits per heavy atom. The maximum Gasteiger partial charge on any atom is 0.244 e. The summed E-state index contributed by atoms with van der Waals surface area (Å²) in [5, 5.41) is 8.95. The van der Waals surface area contributed by atoms with Gasteiger partial charge in [-0.2, -0.15) is 0 Å². The average Bonchev–Trinajstić information content (AvgIpc) is 3.04. The van der Waals surface area contributed by atoms with Gasteiger partial charge in [0, 0.05) is 12.6 Å². The van der Waals surface area contributed by atoms with E-state index < -0.39 is 10.0 Å². The molecular weight excluding hydrogens is 346 g/mol. The molecular formula is C13H20BrNO4S. The van der Waals surface area contributed by atoms with Crippen LogP contribution < -0.4 is 4.72 Å². The van der Waals surface area contributed by atoms with Gasteiger partial charge in [-0.25, -0.2) is 13.1 Å². The molecule has 1 aromatic rings. The summed E-state index contributed by atoms with van der Waals surface area (Å²) in [4.78, 5) is 0.0439. The van der Waals surface area contributed by atoms with Gasteiger partial charge in [0.15, 0.2) is 4.67 Å². The Bertz CT molecular complexity index is 535. The lowest BCUT2D eigenvalue weighted by molar-refractivity contribution is 0.245. The van der Waals surface area contributed by atoms with Crippen molar-refractivity contribution < 1.29 is 17.9 Å². The van der Waals surface area contributed by atoms with Gasteiger partial charge in [-0.1, -0.05) is 25.7 Å². The molecule has 0 aliphatic heterocycles. The van der Waals surface area contributed by atoms with E-state index in [-0.39, 0.29) is 21.9 Å². The second-order valence-electron chi connectivity index (χ2n) is 5.20. The highest BCUT2D eigenvalue weighted by Gasteiger charge is 2.22. The number of aliphatic hydroxyl groups is 1. The summed E-state index contributed by atoms with van der Waals surface area (Å²) < 4.78 is 32.0. The summed E-state index contributed by atoms with van der Waals surface area (Å²) in [5.41, 5.74) is 0. The zero-order valence-corrected chi connectivity index (χ0v) is 13.7. The molecule has 7 heteroatoms. The smallest absolute Gasteiger partial charge is 0.244 e. The number of hydrogen-bond acceptors (Lipinski definition) is 4. The summed E-state index contributed by atoms with van der Waals surface area (Å²) >= 11 is 3.06. The van der Waals surface area contributed by atoms with Crippen molar-refractivity contribution in [1.29, 1.82) is 0 Å². The third-order valence-corrected chi connectivity index (χ3v) is 6.03. The predicted octanol–water partition coefficient (Wildman–Crippen LogP) is 2.78. The summed E-state index contributed by atoms with van der Waals surface area (Å²) in [6.45, 7) is 0.112. The van der Waals surface area contributed by atoms with E-state index in [4.69, 9.17) is 9.52 Å². The molecule has 0 atom stereocenters. The largest absolute Gasteiger partial charge is 0.450 e. The maximum absolute atomic E-state index is 12.1. The number of nitrogens with one attached hydrogen (secondary N) is 1. The Morgan fingerprint density at radius 2 is 2.10 bits per heavy atom. The topological polar surface area (TPSA) is 79.5 Å². The standard InChI is InChI=1S/C13H20BrNO4S/c14-13-12(8-11(9-16)19-13)20(17,18)15-7-3-6-10-4-1-2-5-10/h8,10,15-16H,1-7,9H2. The molecule has 5 nitrogen and oxygen atoms in total. The van der Waals surface area contributed by atoms with Crippen LogP contribution >= 0.6 is 15.9 Å². The van der Waals surface area contributed by atoms with Crippen molar-refractivity contribution in [1.82, 2.24) is 4.72 Å². The quantitative estimate of drug-likeness (QED) is 0.728. The third kappa shape index (κ3) is 4.07. The molecule has 0 amide bonds. The number of furan rings is 1. The Labute approximate surface area is 127 Å². The number of sulfonamides is 1. The van der Waals surface area contributed by atoms with Crippen LogP contribution in [0, 0.1) is 5.92 Å². The van der Waals surface area contributed by atoms with Crippen molar-refractivity contribution in [3.8, 4) is 0 Å². The Kier molecular flexibility index (Phi) is 5.65. The van der Waals surface area contributed by atoms with Crippen molar-refractivity contribution in [2.24, 2.45) is 5.92 Å². The molecule has 1 aromatic heterocycles. The summed E-state index contributed by atoms with van der Waals surface area (Å²) in [5.74, 6) is 0.990. The van der Waals surface area contributed by atoms with Crippen molar-refractivity contribution in [3.63, 3.8) is 0 Å². The minimum Gasteiger partial charge on any atom is -0.450 e. The Morgan fingerprint density at radius 3 is 2.70 bits per heavy atom. The van der Waals surface area contributed by atoms with Gasteiger partial charge in [0.2, 0.25) is 10.0 Å². The van der Waals surface area contributed by atoms with Crippen molar-refractivity contribution in [2.45, 2.75) is 50.0 Å². The lowest BCUT2D eigenvalue weighted by Crippen LogP contribution is -2.25. The van der Waals surface area contributed by atoms with Crippen molar-refractivity contribution >= 4 is 26.0 Å². The summed E-state index contributed by atoms with van der Waals surface area (Å²) in [6.07, 6.45) is 7.10. The van der Waals surface area contributed by atoms with Gasteiger partial charge < -0.3 is 9.52 Å². The zero-order valence-electron chi connectivity index (χ0n) is 11.3. The minimum absolute atomic E-state index is 0.0439. The molecule has 1 saturated carbocycles. The highest BCUT2D eigenvalue weighted by molar-refractivity contribution is 9.10. The molecule has 20 heavy (non-hydrogen) atoms. The first-order valence-electron chi connectivity index (χ1n) is 6.91. The first-order chi connectivity index (χ1) is 9.53. The third-order valence-electron chi connectivity index (χ3n) is 3.71. The highest BCUT2D eigenvalue weighted by Crippen LogP contribution is 2.29. The van der Waals surface area contributed by atoms with Gasteiger partial charge in [-0.15, -0.1) is 0 Å². The van der Waals surface area contributed by atoms with Crippen LogP contribution in [0.15, 0.2) is 20.0 Å². The Hall–Kier alpha value is -0.370. The lowest BCUT2D eigenvalue weighted by atomic mass is 10.0. The molecule has 1 heterocycles. The zero-order chi connectivity index (χ0) is 14.6. The molecule has 1 aliphatic rings. The first kappa shape index (κ1) is 16.0. The van der Waals surface area contributed by atoms with Crippen LogP contribution in [0.5, 0.6) is 0 Å². The van der Waals surface area contributed by atoms with E-state index in [1.165, 1.54) is 31.7 Å². The van der Waals surface area contributed by atoms with Crippen LogP contribution in [0.3, 0.4) is 0 Å². The molecule has 0 unspecified atom stereocenters. The average molecular weight is 366 g/mol. The first-order valence-corrected chi connectivity index (χ1v) is 9.19. The lowest BCUT2D eigenvalue weighted by Gasteiger charge is -2.09. The second kappa shape index (κ2) is 7.06. The molecule has 2 N–H and O–H groups in total. The summed E-state index contributed by atoms with van der Waals surface area (Å²) in [7, 11) is -3.58. The van der Waals surface area contributed by atoms with Gasteiger partial charge in [-0.05, 0) is 34.7 Å². The maximum atomic E-state index is 12.1. The van der Waals surface area contributed by atoms with Crippen LogP contribution in [-0.2, 0) is 16.6 Å². The van der Waals surface area contributed by atoms with Crippen LogP contribution in [-0.4, -0.2) is 20.1 Å². The van der Waals surface area contributed by atoms with E-state index in [1.807, 2.05) is 0 Å². The molecule has 2 rings (SSSR count). The summed E-state index contributed by atoms with van der Waals surface area (Å²) in [6, 6.07) is 1.34. The van der Waals surface area contributed by atoms with Gasteiger partial charge in [0.25, 0.3) is 0 Å². The van der Waals surface area contributed by atoms with E-state index >= 15 is 0 Å². The van der Waals surface area contributed by atoms with Gasteiger partial charge in [0.05, 0.1) is 0 Å². The van der Waals surface area contributed by atoms with Crippen LogP contribution in [0.2, 0.25) is 0 Å². The van der Waals surface area contributed by atoms with E-state index in [0.29, 0.717) is 6.54 Å². The number of hydrogen-bond donors (Lipinski definition) is 2. The van der Waals surface area contributed by atoms with E-state index in [1.54, 1.807) is 0 Å². The SMILES string of the molecule is O=S(=O)(NCCCC1CCCC1)c1cc(CO)oc1Br. The molecule has 0 bridgehead atoms. The number of aliphatic hydroxyl groups excluding tert-OH is 1. The fourth-order valence-electron chi connectivity index (χ4n) is 2.63. The van der Waals surface area contributed by atoms with E-state index in [2.05, 4.69) is 20.7 Å².